The molecule has 0 aliphatic carbocycles. The van der Waals surface area contributed by atoms with Crippen molar-refractivity contribution in [3.8, 4) is 0 Å². The lowest BCUT2D eigenvalue weighted by Gasteiger charge is -2.18. The number of nitrogens with zero attached hydrogens (tertiary/aromatic N) is 1. The minimum absolute atomic E-state index is 0.275. The number of aliphatic hydroxyl groups excluding tert-OH is 2. The molecule has 0 aromatic heterocycles. The van der Waals surface area contributed by atoms with Crippen LogP contribution in [-0.2, 0) is 4.79 Å². The van der Waals surface area contributed by atoms with Gasteiger partial charge in [-0.15, -0.1) is 0 Å². The Labute approximate surface area is 98.7 Å². The number of nitrogens with one attached hydrogen (secondary N) is 1. The van der Waals surface area contributed by atoms with Crippen LogP contribution < -0.4 is 10.2 Å². The molecule has 0 radical (unpaired) electrons. The van der Waals surface area contributed by atoms with E-state index in [1.807, 2.05) is 12.1 Å². The highest BCUT2D eigenvalue weighted by Crippen LogP contribution is 2.34. The van der Waals surface area contributed by atoms with Crippen molar-refractivity contribution in [2.75, 3.05) is 23.3 Å². The van der Waals surface area contributed by atoms with Crippen LogP contribution in [0.4, 0.5) is 11.4 Å². The number of fused-ring (bicyclic) bond motifs is 1. The number of hydrogen-bond donors (Lipinski definition) is 3. The molecular weight excluding hydrogens is 220 g/mol. The smallest absolute Gasteiger partial charge is 0.257 e. The number of β-amino-alcohol motifs (C(OH)–C–C–N with tert-alkyl or cyclic N) is 1. The first-order valence-corrected chi connectivity index (χ1v) is 5.71. The summed E-state index contributed by atoms with van der Waals surface area (Å²) in [6.45, 7) is 1.44. The monoisotopic (exact) mass is 234 g/mol. The Balaban J connectivity index is 1.90. The molecule has 2 aliphatic heterocycles. The lowest BCUT2D eigenvalue weighted by atomic mass is 10.1. The van der Waals surface area contributed by atoms with Crippen LogP contribution >= 0.6 is 0 Å². The zero-order valence-electron chi connectivity index (χ0n) is 9.26. The van der Waals surface area contributed by atoms with Crippen molar-refractivity contribution < 1.29 is 15.0 Å². The molecule has 2 unspecified atom stereocenters. The van der Waals surface area contributed by atoms with Crippen LogP contribution in [0.25, 0.3) is 0 Å². The molecule has 1 aromatic carbocycles. The number of rotatable bonds is 1. The number of carbonyl (C=O) groups is 1. The third-order valence-corrected chi connectivity index (χ3v) is 3.37. The average molecular weight is 234 g/mol. The van der Waals surface area contributed by atoms with Gasteiger partial charge in [0.2, 0.25) is 0 Å². The zero-order valence-corrected chi connectivity index (χ0v) is 9.26. The Hall–Kier alpha value is -1.59. The van der Waals surface area contributed by atoms with Crippen LogP contribution in [0.15, 0.2) is 18.2 Å². The third kappa shape index (κ3) is 1.67. The van der Waals surface area contributed by atoms with Crippen molar-refractivity contribution in [3.05, 3.63) is 23.8 Å². The Morgan fingerprint density at radius 2 is 2.18 bits per heavy atom. The number of amides is 1. The number of anilines is 2. The molecule has 1 fully saturated rings. The summed E-state index contributed by atoms with van der Waals surface area (Å²) in [7, 11) is 0. The van der Waals surface area contributed by atoms with E-state index in [9.17, 15) is 15.0 Å². The molecule has 1 saturated heterocycles. The fraction of sp³-hybridized carbons (Fsp3) is 0.417. The molecule has 0 bridgehead atoms. The van der Waals surface area contributed by atoms with E-state index in [4.69, 9.17) is 0 Å². The van der Waals surface area contributed by atoms with E-state index < -0.39 is 6.10 Å². The maximum Gasteiger partial charge on any atom is 0.257 e. The predicted molar refractivity (Wildman–Crippen MR) is 62.9 cm³/mol. The molecule has 3 N–H and O–H groups in total. The number of carbonyl (C=O) groups excluding carboxylic acids is 1. The Morgan fingerprint density at radius 3 is 2.88 bits per heavy atom. The minimum atomic E-state index is -1.05. The van der Waals surface area contributed by atoms with Crippen molar-refractivity contribution in [3.63, 3.8) is 0 Å². The van der Waals surface area contributed by atoms with Crippen LogP contribution in [0.3, 0.4) is 0 Å². The normalized spacial score (nSPS) is 27.2. The summed E-state index contributed by atoms with van der Waals surface area (Å²) in [4.78, 5) is 13.4. The van der Waals surface area contributed by atoms with Gasteiger partial charge in [0.1, 0.15) is 0 Å². The fourth-order valence-electron chi connectivity index (χ4n) is 2.41. The first-order valence-electron chi connectivity index (χ1n) is 5.71. The van der Waals surface area contributed by atoms with Gasteiger partial charge in [-0.3, -0.25) is 4.79 Å². The summed E-state index contributed by atoms with van der Waals surface area (Å²) >= 11 is 0. The second-order valence-corrected chi connectivity index (χ2v) is 4.55. The van der Waals surface area contributed by atoms with E-state index in [1.54, 1.807) is 6.07 Å². The van der Waals surface area contributed by atoms with Crippen LogP contribution in [-0.4, -0.2) is 35.3 Å². The number of benzene rings is 1. The molecule has 1 aromatic rings. The Kier molecular flexibility index (Phi) is 2.31. The van der Waals surface area contributed by atoms with E-state index in [2.05, 4.69) is 10.2 Å². The molecule has 2 atom stereocenters. The van der Waals surface area contributed by atoms with E-state index in [0.717, 1.165) is 18.7 Å². The second kappa shape index (κ2) is 3.72. The molecule has 17 heavy (non-hydrogen) atoms. The van der Waals surface area contributed by atoms with Gasteiger partial charge in [0.25, 0.3) is 5.91 Å². The molecule has 0 spiro atoms. The first kappa shape index (κ1) is 10.6. The Morgan fingerprint density at radius 1 is 1.35 bits per heavy atom. The molecule has 5 heteroatoms. The standard InChI is InChI=1S/C12H14N2O3/c15-8-3-4-14(6-8)7-1-2-9-10(5-7)13-12(17)11(9)16/h1-2,5,8,11,15-16H,3-4,6H2,(H,13,17). The van der Waals surface area contributed by atoms with Gasteiger partial charge < -0.3 is 20.4 Å². The van der Waals surface area contributed by atoms with Crippen molar-refractivity contribution in [2.45, 2.75) is 18.6 Å². The highest BCUT2D eigenvalue weighted by molar-refractivity contribution is 6.02. The maximum absolute atomic E-state index is 11.3. The summed E-state index contributed by atoms with van der Waals surface area (Å²) in [6.07, 6.45) is -0.557. The van der Waals surface area contributed by atoms with Crippen LogP contribution in [0, 0.1) is 0 Å². The average Bonchev–Trinajstić information content (AvgIpc) is 2.85. The molecule has 5 nitrogen and oxygen atoms in total. The van der Waals surface area contributed by atoms with Gasteiger partial charge in [0, 0.05) is 30.0 Å². The van der Waals surface area contributed by atoms with Gasteiger partial charge in [-0.1, -0.05) is 6.07 Å². The van der Waals surface area contributed by atoms with Crippen molar-refractivity contribution in [1.82, 2.24) is 0 Å². The van der Waals surface area contributed by atoms with E-state index in [1.165, 1.54) is 0 Å². The van der Waals surface area contributed by atoms with Gasteiger partial charge in [-0.25, -0.2) is 0 Å². The number of hydrogen-bond acceptors (Lipinski definition) is 4. The summed E-state index contributed by atoms with van der Waals surface area (Å²) in [5, 5.41) is 21.7. The topological polar surface area (TPSA) is 72.8 Å². The summed E-state index contributed by atoms with van der Waals surface area (Å²) in [5.41, 5.74) is 2.26. The van der Waals surface area contributed by atoms with Gasteiger partial charge in [0.05, 0.1) is 6.10 Å². The van der Waals surface area contributed by atoms with E-state index >= 15 is 0 Å². The maximum atomic E-state index is 11.3. The first-order chi connectivity index (χ1) is 8.15. The molecule has 0 saturated carbocycles. The largest absolute Gasteiger partial charge is 0.391 e. The molecule has 2 aliphatic rings. The second-order valence-electron chi connectivity index (χ2n) is 4.55. The molecule has 2 heterocycles. The molecular formula is C12H14N2O3. The fourth-order valence-corrected chi connectivity index (χ4v) is 2.41. The molecule has 90 valence electrons. The van der Waals surface area contributed by atoms with Crippen LogP contribution in [0.5, 0.6) is 0 Å². The van der Waals surface area contributed by atoms with Gasteiger partial charge >= 0.3 is 0 Å². The summed E-state index contributed by atoms with van der Waals surface area (Å²) in [5.74, 6) is -0.376. The van der Waals surface area contributed by atoms with Gasteiger partial charge in [-0.2, -0.15) is 0 Å². The van der Waals surface area contributed by atoms with Crippen LogP contribution in [0.2, 0.25) is 0 Å². The number of aliphatic hydroxyl groups is 2. The molecule has 1 amide bonds. The van der Waals surface area contributed by atoms with Crippen molar-refractivity contribution >= 4 is 17.3 Å². The lowest BCUT2D eigenvalue weighted by Crippen LogP contribution is -2.21. The quantitative estimate of drug-likeness (QED) is 0.651. The third-order valence-electron chi connectivity index (χ3n) is 3.37. The zero-order chi connectivity index (χ0) is 12.0. The highest BCUT2D eigenvalue weighted by atomic mass is 16.3. The predicted octanol–water partition coefficient (Wildman–Crippen LogP) is 0.243. The van der Waals surface area contributed by atoms with Crippen LogP contribution in [0.1, 0.15) is 18.1 Å². The molecule has 3 rings (SSSR count). The van der Waals surface area contributed by atoms with Gasteiger partial charge in [0.15, 0.2) is 6.10 Å². The summed E-state index contributed by atoms with van der Waals surface area (Å²) < 4.78 is 0. The van der Waals surface area contributed by atoms with Crippen molar-refractivity contribution in [2.24, 2.45) is 0 Å². The lowest BCUT2D eigenvalue weighted by molar-refractivity contribution is -0.123. The summed E-state index contributed by atoms with van der Waals surface area (Å²) in [6, 6.07) is 5.49. The SMILES string of the molecule is O=C1Nc2cc(N3CCC(O)C3)ccc2C1O. The van der Waals surface area contributed by atoms with Crippen molar-refractivity contribution in [1.29, 1.82) is 0 Å². The minimum Gasteiger partial charge on any atom is -0.391 e. The van der Waals surface area contributed by atoms with Gasteiger partial charge in [-0.05, 0) is 18.6 Å². The highest BCUT2D eigenvalue weighted by Gasteiger charge is 2.29. The Bertz CT molecular complexity index is 475. The van der Waals surface area contributed by atoms with E-state index in [-0.39, 0.29) is 12.0 Å². The van der Waals surface area contributed by atoms with E-state index in [0.29, 0.717) is 17.8 Å².